The molecule has 1 saturated heterocycles. The largest absolute Gasteiger partial charge is 0.370 e. The van der Waals surface area contributed by atoms with Gasteiger partial charge in [-0.25, -0.2) is 4.39 Å². The summed E-state index contributed by atoms with van der Waals surface area (Å²) in [7, 11) is 0. The van der Waals surface area contributed by atoms with Crippen LogP contribution >= 0.6 is 0 Å². The maximum Gasteiger partial charge on any atom is 0.257 e. The molecule has 1 atom stereocenters. The highest BCUT2D eigenvalue weighted by Crippen LogP contribution is 2.24. The third-order valence-electron chi connectivity index (χ3n) is 3.91. The summed E-state index contributed by atoms with van der Waals surface area (Å²) in [5, 5.41) is 0. The number of halogens is 1. The summed E-state index contributed by atoms with van der Waals surface area (Å²) in [4.78, 5) is 14.1. The lowest BCUT2D eigenvalue weighted by Gasteiger charge is -2.33. The molecular weight excluding hydrogens is 281 g/mol. The van der Waals surface area contributed by atoms with Crippen LogP contribution in [0.15, 0.2) is 48.5 Å². The molecule has 2 aromatic rings. The highest BCUT2D eigenvalue weighted by molar-refractivity contribution is 5.94. The van der Waals surface area contributed by atoms with Gasteiger partial charge in [-0.3, -0.25) is 4.79 Å². The summed E-state index contributed by atoms with van der Waals surface area (Å²) >= 11 is 0. The SMILES string of the molecule is Cc1ccc(C2CN(C(=O)c3ccccc3F)CCO2)cc1. The molecular formula is C18H18FNO2. The van der Waals surface area contributed by atoms with Crippen LogP contribution < -0.4 is 0 Å². The van der Waals surface area contributed by atoms with Crippen LogP contribution in [0.1, 0.15) is 27.6 Å². The minimum atomic E-state index is -0.481. The number of carbonyl (C=O) groups is 1. The predicted molar refractivity (Wildman–Crippen MR) is 82.2 cm³/mol. The Labute approximate surface area is 129 Å². The molecule has 22 heavy (non-hydrogen) atoms. The van der Waals surface area contributed by atoms with Crippen molar-refractivity contribution in [3.05, 3.63) is 71.0 Å². The van der Waals surface area contributed by atoms with E-state index in [2.05, 4.69) is 0 Å². The smallest absolute Gasteiger partial charge is 0.257 e. The summed E-state index contributed by atoms with van der Waals surface area (Å²) in [6.45, 7) is 3.41. The number of hydrogen-bond acceptors (Lipinski definition) is 2. The number of morpholine rings is 1. The monoisotopic (exact) mass is 299 g/mol. The van der Waals surface area contributed by atoms with Gasteiger partial charge in [-0.15, -0.1) is 0 Å². The zero-order valence-corrected chi connectivity index (χ0v) is 12.5. The molecule has 2 aromatic carbocycles. The molecule has 0 bridgehead atoms. The molecule has 1 amide bonds. The third kappa shape index (κ3) is 3.02. The van der Waals surface area contributed by atoms with Crippen LogP contribution in [0.4, 0.5) is 4.39 Å². The molecule has 0 saturated carbocycles. The Hall–Kier alpha value is -2.20. The third-order valence-corrected chi connectivity index (χ3v) is 3.91. The van der Waals surface area contributed by atoms with E-state index in [0.29, 0.717) is 19.7 Å². The molecule has 4 heteroatoms. The first-order valence-corrected chi connectivity index (χ1v) is 7.37. The molecule has 3 nitrogen and oxygen atoms in total. The molecule has 114 valence electrons. The summed E-state index contributed by atoms with van der Waals surface area (Å²) in [5.74, 6) is -0.760. The van der Waals surface area contributed by atoms with Gasteiger partial charge in [0.05, 0.1) is 18.7 Å². The van der Waals surface area contributed by atoms with Crippen LogP contribution in [0.25, 0.3) is 0 Å². The summed E-state index contributed by atoms with van der Waals surface area (Å²) in [6, 6.07) is 14.2. The molecule has 0 spiro atoms. The van der Waals surface area contributed by atoms with Crippen molar-refractivity contribution in [2.75, 3.05) is 19.7 Å². The van der Waals surface area contributed by atoms with Crippen molar-refractivity contribution in [3.63, 3.8) is 0 Å². The highest BCUT2D eigenvalue weighted by Gasteiger charge is 2.27. The van der Waals surface area contributed by atoms with Crippen molar-refractivity contribution in [2.45, 2.75) is 13.0 Å². The molecule has 0 radical (unpaired) electrons. The Kier molecular flexibility index (Phi) is 4.20. The molecule has 0 aromatic heterocycles. The van der Waals surface area contributed by atoms with Gasteiger partial charge in [-0.1, -0.05) is 42.0 Å². The first-order valence-electron chi connectivity index (χ1n) is 7.37. The molecule has 1 aliphatic rings. The normalized spacial score (nSPS) is 18.3. The van der Waals surface area contributed by atoms with Gasteiger partial charge in [0.1, 0.15) is 11.9 Å². The molecule has 1 aliphatic heterocycles. The maximum absolute atomic E-state index is 13.8. The van der Waals surface area contributed by atoms with Crippen molar-refractivity contribution in [3.8, 4) is 0 Å². The Morgan fingerprint density at radius 2 is 1.91 bits per heavy atom. The Morgan fingerprint density at radius 1 is 1.18 bits per heavy atom. The molecule has 1 unspecified atom stereocenters. The summed E-state index contributed by atoms with van der Waals surface area (Å²) in [6.07, 6.45) is -0.162. The second-order valence-electron chi connectivity index (χ2n) is 5.50. The fourth-order valence-corrected chi connectivity index (χ4v) is 2.62. The molecule has 0 N–H and O–H groups in total. The zero-order chi connectivity index (χ0) is 15.5. The highest BCUT2D eigenvalue weighted by atomic mass is 19.1. The van der Waals surface area contributed by atoms with Crippen LogP contribution in [0.3, 0.4) is 0 Å². The molecule has 1 heterocycles. The van der Waals surface area contributed by atoms with Crippen molar-refractivity contribution < 1.29 is 13.9 Å². The fourth-order valence-electron chi connectivity index (χ4n) is 2.62. The lowest BCUT2D eigenvalue weighted by molar-refractivity contribution is -0.0229. The topological polar surface area (TPSA) is 29.5 Å². The number of benzene rings is 2. The lowest BCUT2D eigenvalue weighted by Crippen LogP contribution is -2.42. The van der Waals surface area contributed by atoms with Crippen molar-refractivity contribution in [2.24, 2.45) is 0 Å². The number of nitrogens with zero attached hydrogens (tertiary/aromatic N) is 1. The fraction of sp³-hybridized carbons (Fsp3) is 0.278. The second kappa shape index (κ2) is 6.28. The Bertz CT molecular complexity index is 669. The van der Waals surface area contributed by atoms with Gasteiger partial charge in [-0.05, 0) is 24.6 Å². The van der Waals surface area contributed by atoms with Crippen molar-refractivity contribution in [1.29, 1.82) is 0 Å². The predicted octanol–water partition coefficient (Wildman–Crippen LogP) is 3.35. The van der Waals surface area contributed by atoms with Gasteiger partial charge in [0.2, 0.25) is 0 Å². The van der Waals surface area contributed by atoms with Crippen LogP contribution in [0.2, 0.25) is 0 Å². The van der Waals surface area contributed by atoms with Crippen LogP contribution in [-0.4, -0.2) is 30.5 Å². The van der Waals surface area contributed by atoms with Gasteiger partial charge in [0, 0.05) is 6.54 Å². The van der Waals surface area contributed by atoms with Gasteiger partial charge in [0.15, 0.2) is 0 Å². The average molecular weight is 299 g/mol. The van der Waals surface area contributed by atoms with Gasteiger partial charge < -0.3 is 9.64 Å². The average Bonchev–Trinajstić information content (AvgIpc) is 2.55. The van der Waals surface area contributed by atoms with Gasteiger partial charge in [0.25, 0.3) is 5.91 Å². The van der Waals surface area contributed by atoms with Crippen LogP contribution in [0.5, 0.6) is 0 Å². The van der Waals surface area contributed by atoms with E-state index < -0.39 is 5.82 Å². The minimum absolute atomic E-state index is 0.118. The second-order valence-corrected chi connectivity index (χ2v) is 5.50. The number of ether oxygens (including phenoxy) is 1. The molecule has 0 aliphatic carbocycles. The Balaban J connectivity index is 1.77. The van der Waals surface area contributed by atoms with Crippen LogP contribution in [-0.2, 0) is 4.74 Å². The van der Waals surface area contributed by atoms with Gasteiger partial charge >= 0.3 is 0 Å². The van der Waals surface area contributed by atoms with E-state index >= 15 is 0 Å². The van der Waals surface area contributed by atoms with E-state index in [1.54, 1.807) is 17.0 Å². The number of carbonyl (C=O) groups excluding carboxylic acids is 1. The van der Waals surface area contributed by atoms with E-state index in [4.69, 9.17) is 4.74 Å². The van der Waals surface area contributed by atoms with Gasteiger partial charge in [-0.2, -0.15) is 0 Å². The number of rotatable bonds is 2. The number of amides is 1. The van der Waals surface area contributed by atoms with E-state index in [1.165, 1.54) is 17.7 Å². The van der Waals surface area contributed by atoms with E-state index in [-0.39, 0.29) is 17.6 Å². The number of hydrogen-bond donors (Lipinski definition) is 0. The molecule has 1 fully saturated rings. The van der Waals surface area contributed by atoms with Crippen LogP contribution in [0, 0.1) is 12.7 Å². The van der Waals surface area contributed by atoms with E-state index in [0.717, 1.165) is 5.56 Å². The quantitative estimate of drug-likeness (QED) is 0.851. The zero-order valence-electron chi connectivity index (χ0n) is 12.5. The first kappa shape index (κ1) is 14.7. The standard InChI is InChI=1S/C18H18FNO2/c1-13-6-8-14(9-7-13)17-12-20(10-11-22-17)18(21)15-4-2-3-5-16(15)19/h2-9,17H,10-12H2,1H3. The summed E-state index contributed by atoms with van der Waals surface area (Å²) in [5.41, 5.74) is 2.34. The number of aryl methyl sites for hydroxylation is 1. The first-order chi connectivity index (χ1) is 10.6. The summed E-state index contributed by atoms with van der Waals surface area (Å²) < 4.78 is 19.5. The van der Waals surface area contributed by atoms with Crippen molar-refractivity contribution >= 4 is 5.91 Å². The molecule has 3 rings (SSSR count). The van der Waals surface area contributed by atoms with E-state index in [9.17, 15) is 9.18 Å². The van der Waals surface area contributed by atoms with E-state index in [1.807, 2.05) is 31.2 Å². The minimum Gasteiger partial charge on any atom is -0.370 e. The maximum atomic E-state index is 13.8. The Morgan fingerprint density at radius 3 is 2.64 bits per heavy atom. The van der Waals surface area contributed by atoms with Crippen molar-refractivity contribution in [1.82, 2.24) is 4.90 Å². The lowest BCUT2D eigenvalue weighted by atomic mass is 10.1.